The van der Waals surface area contributed by atoms with Crippen LogP contribution in [0.15, 0.2) is 72.8 Å². The molecule has 154 valence electrons. The van der Waals surface area contributed by atoms with Crippen LogP contribution >= 0.6 is 11.6 Å². The van der Waals surface area contributed by atoms with E-state index in [2.05, 4.69) is 31.2 Å². The van der Waals surface area contributed by atoms with Gasteiger partial charge in [0.25, 0.3) is 0 Å². The molecule has 1 heterocycles. The maximum absolute atomic E-state index is 10.6. The largest absolute Gasteiger partial charge is 0.491 e. The molecule has 0 saturated heterocycles. The Morgan fingerprint density at radius 3 is 2.23 bits per heavy atom. The van der Waals surface area contributed by atoms with Crippen LogP contribution in [0.2, 0.25) is 5.02 Å². The van der Waals surface area contributed by atoms with E-state index >= 15 is 0 Å². The van der Waals surface area contributed by atoms with Crippen LogP contribution in [0.25, 0.3) is 11.0 Å². The SMILES string of the molecule is Cc1ccc(Cn2c(=N)n(C[C@@H](O)COc3ccc(Cl)cc3)c3ccccc32)cc1. The van der Waals surface area contributed by atoms with Gasteiger partial charge in [-0.3, -0.25) is 5.41 Å². The van der Waals surface area contributed by atoms with Crippen LogP contribution in [-0.2, 0) is 13.1 Å². The molecule has 0 amide bonds. The van der Waals surface area contributed by atoms with E-state index < -0.39 is 6.10 Å². The molecule has 1 aromatic heterocycles. The number of ether oxygens (including phenoxy) is 1. The molecule has 0 bridgehead atoms. The van der Waals surface area contributed by atoms with Crippen LogP contribution in [0.1, 0.15) is 11.1 Å². The maximum Gasteiger partial charge on any atom is 0.203 e. The van der Waals surface area contributed by atoms with Crippen molar-refractivity contribution < 1.29 is 9.84 Å². The fourth-order valence-corrected chi connectivity index (χ4v) is 3.63. The molecule has 0 aliphatic rings. The molecule has 0 spiro atoms. The minimum atomic E-state index is -0.756. The van der Waals surface area contributed by atoms with Crippen LogP contribution in [0.3, 0.4) is 0 Å². The van der Waals surface area contributed by atoms with Crippen LogP contribution in [0.5, 0.6) is 5.75 Å². The summed E-state index contributed by atoms with van der Waals surface area (Å²) < 4.78 is 9.47. The van der Waals surface area contributed by atoms with E-state index in [9.17, 15) is 5.11 Å². The topological polar surface area (TPSA) is 63.2 Å². The van der Waals surface area contributed by atoms with Crippen LogP contribution in [0.4, 0.5) is 0 Å². The molecular weight excluding hydrogens is 398 g/mol. The van der Waals surface area contributed by atoms with Crippen molar-refractivity contribution in [3.63, 3.8) is 0 Å². The highest BCUT2D eigenvalue weighted by atomic mass is 35.5. The molecule has 0 saturated carbocycles. The van der Waals surface area contributed by atoms with Crippen molar-refractivity contribution in [1.29, 1.82) is 5.41 Å². The number of rotatable bonds is 7. The molecule has 0 fully saturated rings. The van der Waals surface area contributed by atoms with Crippen molar-refractivity contribution in [1.82, 2.24) is 9.13 Å². The standard InChI is InChI=1S/C24H24ClN3O2/c1-17-6-8-18(9-7-17)14-27-22-4-2-3-5-23(22)28(24(27)26)15-20(29)16-30-21-12-10-19(25)11-13-21/h2-13,20,26,29H,14-16H2,1H3/t20-/m1/s1. The average Bonchev–Trinajstić information content (AvgIpc) is 3.01. The Labute approximate surface area is 180 Å². The molecule has 4 rings (SSSR count). The Kier molecular flexibility index (Phi) is 5.93. The van der Waals surface area contributed by atoms with Gasteiger partial charge in [0.2, 0.25) is 5.62 Å². The first kappa shape index (κ1) is 20.3. The minimum absolute atomic E-state index is 0.130. The van der Waals surface area contributed by atoms with Gasteiger partial charge in [-0.25, -0.2) is 0 Å². The predicted molar refractivity (Wildman–Crippen MR) is 119 cm³/mol. The van der Waals surface area contributed by atoms with Crippen LogP contribution in [0, 0.1) is 12.3 Å². The first-order chi connectivity index (χ1) is 14.5. The summed E-state index contributed by atoms with van der Waals surface area (Å²) in [5.41, 5.74) is 4.58. The molecule has 0 radical (unpaired) electrons. The van der Waals surface area contributed by atoms with Crippen molar-refractivity contribution in [2.45, 2.75) is 26.1 Å². The molecule has 5 nitrogen and oxygen atoms in total. The number of hydrogen-bond donors (Lipinski definition) is 2. The summed E-state index contributed by atoms with van der Waals surface area (Å²) >= 11 is 5.89. The highest BCUT2D eigenvalue weighted by Crippen LogP contribution is 2.17. The molecule has 0 aliphatic heterocycles. The Hall–Kier alpha value is -3.02. The number of aromatic nitrogens is 2. The Morgan fingerprint density at radius 2 is 1.57 bits per heavy atom. The Balaban J connectivity index is 1.56. The number of nitrogens with zero attached hydrogens (tertiary/aromatic N) is 2. The van der Waals surface area contributed by atoms with Gasteiger partial charge in [-0.15, -0.1) is 0 Å². The van der Waals surface area contributed by atoms with Crippen molar-refractivity contribution in [2.24, 2.45) is 0 Å². The number of benzene rings is 3. The zero-order chi connectivity index (χ0) is 21.1. The fraction of sp³-hybridized carbons (Fsp3) is 0.208. The molecule has 6 heteroatoms. The highest BCUT2D eigenvalue weighted by Gasteiger charge is 2.15. The van der Waals surface area contributed by atoms with Gasteiger partial charge in [0.1, 0.15) is 18.5 Å². The summed E-state index contributed by atoms with van der Waals surface area (Å²) in [6.07, 6.45) is -0.756. The summed E-state index contributed by atoms with van der Waals surface area (Å²) in [7, 11) is 0. The lowest BCUT2D eigenvalue weighted by molar-refractivity contribution is 0.0921. The summed E-state index contributed by atoms with van der Waals surface area (Å²) in [4.78, 5) is 0. The first-order valence-corrected chi connectivity index (χ1v) is 10.2. The minimum Gasteiger partial charge on any atom is -0.491 e. The summed E-state index contributed by atoms with van der Waals surface area (Å²) in [5.74, 6) is 0.649. The van der Waals surface area contributed by atoms with E-state index in [-0.39, 0.29) is 13.2 Å². The molecule has 2 N–H and O–H groups in total. The third kappa shape index (κ3) is 4.42. The second-order valence-corrected chi connectivity index (χ2v) is 7.85. The lowest BCUT2D eigenvalue weighted by Crippen LogP contribution is -2.31. The van der Waals surface area contributed by atoms with Gasteiger partial charge >= 0.3 is 0 Å². The van der Waals surface area contributed by atoms with Crippen molar-refractivity contribution in [3.8, 4) is 5.75 Å². The number of aliphatic hydroxyl groups excluding tert-OH is 1. The number of aryl methyl sites for hydroxylation is 1. The van der Waals surface area contributed by atoms with Gasteiger partial charge < -0.3 is 19.0 Å². The monoisotopic (exact) mass is 421 g/mol. The maximum atomic E-state index is 10.6. The summed E-state index contributed by atoms with van der Waals surface area (Å²) in [5, 5.41) is 19.9. The van der Waals surface area contributed by atoms with Crippen LogP contribution < -0.4 is 10.4 Å². The van der Waals surface area contributed by atoms with E-state index in [1.807, 2.05) is 33.4 Å². The number of halogens is 1. The predicted octanol–water partition coefficient (Wildman–Crippen LogP) is 4.37. The Morgan fingerprint density at radius 1 is 0.933 bits per heavy atom. The highest BCUT2D eigenvalue weighted by molar-refractivity contribution is 6.30. The number of hydrogen-bond acceptors (Lipinski definition) is 3. The van der Waals surface area contributed by atoms with E-state index in [1.165, 1.54) is 5.56 Å². The smallest absolute Gasteiger partial charge is 0.203 e. The number of imidazole rings is 1. The zero-order valence-corrected chi connectivity index (χ0v) is 17.5. The van der Waals surface area contributed by atoms with Gasteiger partial charge in [0.15, 0.2) is 0 Å². The molecule has 1 atom stereocenters. The molecule has 30 heavy (non-hydrogen) atoms. The third-order valence-electron chi connectivity index (χ3n) is 5.09. The zero-order valence-electron chi connectivity index (χ0n) is 16.8. The van der Waals surface area contributed by atoms with E-state index in [0.717, 1.165) is 16.6 Å². The van der Waals surface area contributed by atoms with Crippen molar-refractivity contribution in [2.75, 3.05) is 6.61 Å². The lowest BCUT2D eigenvalue weighted by atomic mass is 10.1. The van der Waals surface area contributed by atoms with Crippen molar-refractivity contribution in [3.05, 3.63) is 94.6 Å². The normalized spacial score (nSPS) is 12.2. The van der Waals surface area contributed by atoms with E-state index in [4.69, 9.17) is 21.7 Å². The van der Waals surface area contributed by atoms with E-state index in [0.29, 0.717) is 22.9 Å². The summed E-state index contributed by atoms with van der Waals surface area (Å²) in [6, 6.07) is 23.3. The van der Waals surface area contributed by atoms with E-state index in [1.54, 1.807) is 24.3 Å². The second-order valence-electron chi connectivity index (χ2n) is 7.41. The fourth-order valence-electron chi connectivity index (χ4n) is 3.50. The van der Waals surface area contributed by atoms with Crippen LogP contribution in [-0.4, -0.2) is 27.0 Å². The lowest BCUT2D eigenvalue weighted by Gasteiger charge is -2.14. The first-order valence-electron chi connectivity index (χ1n) is 9.86. The molecule has 4 aromatic rings. The van der Waals surface area contributed by atoms with Crippen molar-refractivity contribution >= 4 is 22.6 Å². The van der Waals surface area contributed by atoms with Gasteiger partial charge in [-0.05, 0) is 48.9 Å². The molecule has 3 aromatic carbocycles. The molecular formula is C24H24ClN3O2. The molecule has 0 unspecified atom stereocenters. The van der Waals surface area contributed by atoms with Gasteiger partial charge in [-0.2, -0.15) is 0 Å². The number of fused-ring (bicyclic) bond motifs is 1. The molecule has 0 aliphatic carbocycles. The quantitative estimate of drug-likeness (QED) is 0.465. The number of para-hydroxylation sites is 2. The number of aliphatic hydroxyl groups is 1. The Bertz CT molecular complexity index is 1190. The van der Waals surface area contributed by atoms with Gasteiger partial charge in [-0.1, -0.05) is 53.6 Å². The van der Waals surface area contributed by atoms with Gasteiger partial charge in [0.05, 0.1) is 24.1 Å². The summed E-state index contributed by atoms with van der Waals surface area (Å²) in [6.45, 7) is 3.07. The average molecular weight is 422 g/mol. The third-order valence-corrected chi connectivity index (χ3v) is 5.34. The van der Waals surface area contributed by atoms with Gasteiger partial charge in [0, 0.05) is 5.02 Å². The second kappa shape index (κ2) is 8.78. The number of nitrogens with one attached hydrogen (secondary N) is 1.